The van der Waals surface area contributed by atoms with E-state index in [0.717, 1.165) is 6.07 Å². The number of benzene rings is 3. The Balaban J connectivity index is 1.43. The van der Waals surface area contributed by atoms with Crippen LogP contribution in [0, 0.1) is 11.6 Å². The second kappa shape index (κ2) is 8.59. The molecule has 0 bridgehead atoms. The molecule has 3 aromatic carbocycles. The average Bonchev–Trinajstić information content (AvgIpc) is 3.35. The van der Waals surface area contributed by atoms with Crippen LogP contribution in [0.1, 0.15) is 20.7 Å². The molecule has 2 heterocycles. The summed E-state index contributed by atoms with van der Waals surface area (Å²) in [6, 6.07) is 19.1. The Morgan fingerprint density at radius 2 is 1.48 bits per heavy atom. The standard InChI is InChI=1S/C24H16F2N4O2S/c25-16-10-11-20(19(26)14-16)30-21(15-6-2-1-3-7-15)27-28-24(30)33-13-12-29-22(31)17-8-4-5-9-18(17)23(29)32/h1-11,14H,12-13H2. The van der Waals surface area contributed by atoms with Crippen molar-refractivity contribution in [3.8, 4) is 17.1 Å². The number of halogens is 2. The molecule has 9 heteroatoms. The van der Waals surface area contributed by atoms with Crippen molar-refractivity contribution in [1.29, 1.82) is 0 Å². The van der Waals surface area contributed by atoms with E-state index in [1.54, 1.807) is 24.3 Å². The van der Waals surface area contributed by atoms with Gasteiger partial charge in [-0.05, 0) is 24.3 Å². The molecule has 1 aromatic heterocycles. The van der Waals surface area contributed by atoms with Crippen molar-refractivity contribution in [2.24, 2.45) is 0 Å². The fourth-order valence-corrected chi connectivity index (χ4v) is 4.56. The van der Waals surface area contributed by atoms with Crippen LogP contribution in [0.2, 0.25) is 0 Å². The molecule has 0 aliphatic carbocycles. The molecule has 6 nitrogen and oxygen atoms in total. The zero-order chi connectivity index (χ0) is 22.9. The van der Waals surface area contributed by atoms with Gasteiger partial charge in [-0.2, -0.15) is 0 Å². The molecule has 5 rings (SSSR count). The Bertz CT molecular complexity index is 1340. The minimum absolute atomic E-state index is 0.100. The Morgan fingerprint density at radius 1 is 0.818 bits per heavy atom. The topological polar surface area (TPSA) is 68.1 Å². The molecular weight excluding hydrogens is 446 g/mol. The zero-order valence-corrected chi connectivity index (χ0v) is 17.9. The predicted molar refractivity (Wildman–Crippen MR) is 119 cm³/mol. The molecule has 1 aliphatic heterocycles. The van der Waals surface area contributed by atoms with E-state index in [1.807, 2.05) is 30.3 Å². The third-order valence-electron chi connectivity index (χ3n) is 5.24. The van der Waals surface area contributed by atoms with Crippen molar-refractivity contribution >= 4 is 23.6 Å². The smallest absolute Gasteiger partial charge is 0.261 e. The Kier molecular flexibility index (Phi) is 5.47. The van der Waals surface area contributed by atoms with Gasteiger partial charge in [0.1, 0.15) is 11.6 Å². The highest BCUT2D eigenvalue weighted by Gasteiger charge is 2.34. The first-order valence-electron chi connectivity index (χ1n) is 10.1. The van der Waals surface area contributed by atoms with Gasteiger partial charge in [-0.3, -0.25) is 19.1 Å². The second-order valence-corrected chi connectivity index (χ2v) is 8.32. The lowest BCUT2D eigenvalue weighted by atomic mass is 10.1. The molecular formula is C24H16F2N4O2S. The van der Waals surface area contributed by atoms with Crippen LogP contribution in [0.4, 0.5) is 8.78 Å². The largest absolute Gasteiger partial charge is 0.273 e. The fraction of sp³-hybridized carbons (Fsp3) is 0.0833. The lowest BCUT2D eigenvalue weighted by Crippen LogP contribution is -2.31. The van der Waals surface area contributed by atoms with Gasteiger partial charge < -0.3 is 0 Å². The molecule has 33 heavy (non-hydrogen) atoms. The summed E-state index contributed by atoms with van der Waals surface area (Å²) in [5.74, 6) is -1.41. The van der Waals surface area contributed by atoms with Crippen LogP contribution in [0.25, 0.3) is 17.1 Å². The molecule has 4 aromatic rings. The van der Waals surface area contributed by atoms with Gasteiger partial charge in [0.25, 0.3) is 11.8 Å². The highest BCUT2D eigenvalue weighted by molar-refractivity contribution is 7.99. The van der Waals surface area contributed by atoms with Gasteiger partial charge in [0, 0.05) is 23.9 Å². The highest BCUT2D eigenvalue weighted by atomic mass is 32.2. The van der Waals surface area contributed by atoms with E-state index in [2.05, 4.69) is 10.2 Å². The molecule has 0 radical (unpaired) electrons. The summed E-state index contributed by atoms with van der Waals surface area (Å²) in [4.78, 5) is 26.4. The van der Waals surface area contributed by atoms with Gasteiger partial charge in [-0.15, -0.1) is 10.2 Å². The van der Waals surface area contributed by atoms with E-state index in [1.165, 1.54) is 33.4 Å². The number of amides is 2. The minimum atomic E-state index is -0.755. The number of thioether (sulfide) groups is 1. The third-order valence-corrected chi connectivity index (χ3v) is 6.15. The first-order chi connectivity index (χ1) is 16.0. The molecule has 0 saturated heterocycles. The Labute approximate surface area is 191 Å². The van der Waals surface area contributed by atoms with E-state index < -0.39 is 11.6 Å². The average molecular weight is 462 g/mol. The summed E-state index contributed by atoms with van der Waals surface area (Å²) in [6.45, 7) is 0.149. The predicted octanol–water partition coefficient (Wildman–Crippen LogP) is 4.60. The molecule has 164 valence electrons. The number of nitrogens with zero attached hydrogens (tertiary/aromatic N) is 4. The van der Waals surface area contributed by atoms with Crippen LogP contribution in [0.3, 0.4) is 0 Å². The van der Waals surface area contributed by atoms with Gasteiger partial charge in [-0.25, -0.2) is 8.78 Å². The maximum atomic E-state index is 14.7. The minimum Gasteiger partial charge on any atom is -0.273 e. The van der Waals surface area contributed by atoms with E-state index in [0.29, 0.717) is 33.4 Å². The molecule has 1 aliphatic rings. The van der Waals surface area contributed by atoms with Crippen molar-refractivity contribution < 1.29 is 18.4 Å². The number of hydrogen-bond acceptors (Lipinski definition) is 5. The summed E-state index contributed by atoms with van der Waals surface area (Å²) in [5, 5.41) is 8.78. The highest BCUT2D eigenvalue weighted by Crippen LogP contribution is 2.30. The molecule has 0 fully saturated rings. The van der Waals surface area contributed by atoms with E-state index in [9.17, 15) is 18.4 Å². The van der Waals surface area contributed by atoms with E-state index in [4.69, 9.17) is 0 Å². The van der Waals surface area contributed by atoms with Crippen LogP contribution in [-0.2, 0) is 0 Å². The summed E-state index contributed by atoms with van der Waals surface area (Å²) in [5.41, 5.74) is 1.58. The van der Waals surface area contributed by atoms with Crippen LogP contribution in [0.15, 0.2) is 78.0 Å². The van der Waals surface area contributed by atoms with Crippen LogP contribution < -0.4 is 0 Å². The monoisotopic (exact) mass is 462 g/mol. The van der Waals surface area contributed by atoms with Crippen molar-refractivity contribution in [2.75, 3.05) is 12.3 Å². The number of hydrogen-bond donors (Lipinski definition) is 0. The molecule has 0 N–H and O–H groups in total. The van der Waals surface area contributed by atoms with Gasteiger partial charge in [0.15, 0.2) is 11.0 Å². The van der Waals surface area contributed by atoms with Crippen molar-refractivity contribution in [3.63, 3.8) is 0 Å². The quantitative estimate of drug-likeness (QED) is 0.309. The Hall–Kier alpha value is -3.85. The van der Waals surface area contributed by atoms with Crippen LogP contribution in [0.5, 0.6) is 0 Å². The lowest BCUT2D eigenvalue weighted by molar-refractivity contribution is 0.0664. The summed E-state index contributed by atoms with van der Waals surface area (Å²) in [6.07, 6.45) is 0. The summed E-state index contributed by atoms with van der Waals surface area (Å²) < 4.78 is 29.7. The van der Waals surface area contributed by atoms with Crippen molar-refractivity contribution in [1.82, 2.24) is 19.7 Å². The maximum absolute atomic E-state index is 14.7. The Morgan fingerprint density at radius 3 is 2.15 bits per heavy atom. The maximum Gasteiger partial charge on any atom is 0.261 e. The zero-order valence-electron chi connectivity index (χ0n) is 17.1. The van der Waals surface area contributed by atoms with Gasteiger partial charge in [0.2, 0.25) is 0 Å². The van der Waals surface area contributed by atoms with Gasteiger partial charge in [0.05, 0.1) is 16.8 Å². The summed E-state index contributed by atoms with van der Waals surface area (Å²) >= 11 is 1.22. The number of carbonyl (C=O) groups excluding carboxylic acids is 2. The van der Waals surface area contributed by atoms with Gasteiger partial charge >= 0.3 is 0 Å². The van der Waals surface area contributed by atoms with Crippen molar-refractivity contribution in [3.05, 3.63) is 95.6 Å². The summed E-state index contributed by atoms with van der Waals surface area (Å²) in [7, 11) is 0. The van der Waals surface area contributed by atoms with E-state index >= 15 is 0 Å². The van der Waals surface area contributed by atoms with E-state index in [-0.39, 0.29) is 24.0 Å². The number of rotatable bonds is 6. The molecule has 0 unspecified atom stereocenters. The SMILES string of the molecule is O=C1c2ccccc2C(=O)N1CCSc1nnc(-c2ccccc2)n1-c1ccc(F)cc1F. The normalized spacial score (nSPS) is 13.0. The van der Waals surface area contributed by atoms with Crippen molar-refractivity contribution in [2.45, 2.75) is 5.16 Å². The molecule has 0 saturated carbocycles. The number of carbonyl (C=O) groups is 2. The fourth-order valence-electron chi connectivity index (χ4n) is 3.69. The number of imide groups is 1. The molecule has 0 atom stereocenters. The van der Waals surface area contributed by atoms with Crippen LogP contribution >= 0.6 is 11.8 Å². The lowest BCUT2D eigenvalue weighted by Gasteiger charge is -2.14. The van der Waals surface area contributed by atoms with Crippen LogP contribution in [-0.4, -0.2) is 43.8 Å². The first kappa shape index (κ1) is 21.0. The third kappa shape index (κ3) is 3.80. The first-order valence-corrected chi connectivity index (χ1v) is 11.1. The molecule has 0 spiro atoms. The number of aromatic nitrogens is 3. The second-order valence-electron chi connectivity index (χ2n) is 7.26. The number of fused-ring (bicyclic) bond motifs is 1. The molecule has 2 amide bonds. The van der Waals surface area contributed by atoms with Gasteiger partial charge in [-0.1, -0.05) is 54.2 Å².